The second-order valence-electron chi connectivity index (χ2n) is 7.80. The Bertz CT molecular complexity index is 716. The van der Waals surface area contributed by atoms with Crippen molar-refractivity contribution in [3.63, 3.8) is 0 Å². The zero-order valence-corrected chi connectivity index (χ0v) is 15.1. The molecule has 26 heavy (non-hydrogen) atoms. The number of hydrogen-bond donors (Lipinski definition) is 2. The van der Waals surface area contributed by atoms with Gasteiger partial charge >= 0.3 is 5.97 Å². The number of likely N-dealkylation sites (N-methyl/N-ethyl adjacent to an activating group) is 1. The predicted molar refractivity (Wildman–Crippen MR) is 96.2 cm³/mol. The first-order valence-electron chi connectivity index (χ1n) is 9.52. The third kappa shape index (κ3) is 2.96. The van der Waals surface area contributed by atoms with Crippen LogP contribution in [-0.2, 0) is 15.0 Å². The van der Waals surface area contributed by atoms with Crippen molar-refractivity contribution in [3.8, 4) is 5.75 Å². The van der Waals surface area contributed by atoms with Gasteiger partial charge in [0, 0.05) is 29.0 Å². The zero-order valence-electron chi connectivity index (χ0n) is 15.1. The molecule has 1 aromatic carbocycles. The maximum Gasteiger partial charge on any atom is 0.317 e. The van der Waals surface area contributed by atoms with Crippen molar-refractivity contribution in [2.24, 2.45) is 5.92 Å². The van der Waals surface area contributed by atoms with E-state index in [1.807, 2.05) is 30.0 Å². The number of hydrogen-bond acceptors (Lipinski definition) is 4. The number of nitrogens with zero attached hydrogens (tertiary/aromatic N) is 1. The van der Waals surface area contributed by atoms with Gasteiger partial charge in [0.05, 0.1) is 13.2 Å². The summed E-state index contributed by atoms with van der Waals surface area (Å²) in [5.74, 6) is 0.307. The Kier molecular flexibility index (Phi) is 4.39. The molecule has 2 fully saturated rings. The summed E-state index contributed by atoms with van der Waals surface area (Å²) < 4.78 is 5.74. The Balaban J connectivity index is 1.32. The molecule has 6 heteroatoms. The molecule has 2 aliphatic carbocycles. The maximum absolute atomic E-state index is 12.8. The van der Waals surface area contributed by atoms with Crippen molar-refractivity contribution < 1.29 is 19.4 Å². The highest BCUT2D eigenvalue weighted by molar-refractivity contribution is 5.85. The number of para-hydroxylation sites is 1. The smallest absolute Gasteiger partial charge is 0.317 e. The predicted octanol–water partition coefficient (Wildman–Crippen LogP) is 1.78. The molecule has 0 radical (unpaired) electrons. The van der Waals surface area contributed by atoms with Crippen molar-refractivity contribution in [2.45, 2.75) is 50.1 Å². The largest absolute Gasteiger partial charge is 0.493 e. The number of benzene rings is 1. The maximum atomic E-state index is 12.8. The van der Waals surface area contributed by atoms with Crippen LogP contribution in [0, 0.1) is 5.92 Å². The van der Waals surface area contributed by atoms with E-state index in [4.69, 9.17) is 9.84 Å². The molecular formula is C20H26N2O4. The lowest BCUT2D eigenvalue weighted by Crippen LogP contribution is -2.55. The van der Waals surface area contributed by atoms with Gasteiger partial charge in [0.1, 0.15) is 5.75 Å². The van der Waals surface area contributed by atoms with Crippen LogP contribution in [0.2, 0.25) is 0 Å². The first-order chi connectivity index (χ1) is 12.5. The molecule has 1 heterocycles. The van der Waals surface area contributed by atoms with Crippen LogP contribution in [0.1, 0.15) is 38.2 Å². The van der Waals surface area contributed by atoms with E-state index in [0.29, 0.717) is 6.61 Å². The highest BCUT2D eigenvalue weighted by Crippen LogP contribution is 2.60. The number of aliphatic carboxylic acids is 1. The fourth-order valence-corrected chi connectivity index (χ4v) is 4.68. The van der Waals surface area contributed by atoms with Crippen LogP contribution in [0.5, 0.6) is 5.75 Å². The van der Waals surface area contributed by atoms with Crippen LogP contribution < -0.4 is 10.1 Å². The number of fused-ring (bicyclic) bond motifs is 2. The minimum absolute atomic E-state index is 0.0351. The van der Waals surface area contributed by atoms with Gasteiger partial charge in [-0.25, -0.2) is 0 Å². The van der Waals surface area contributed by atoms with Crippen molar-refractivity contribution >= 4 is 11.9 Å². The third-order valence-electron chi connectivity index (χ3n) is 6.34. The topological polar surface area (TPSA) is 78.9 Å². The zero-order chi connectivity index (χ0) is 18.3. The average Bonchev–Trinajstić information content (AvgIpc) is 3.31. The summed E-state index contributed by atoms with van der Waals surface area (Å²) in [5, 5.41) is 12.2. The van der Waals surface area contributed by atoms with Crippen LogP contribution in [0.4, 0.5) is 0 Å². The minimum atomic E-state index is -0.794. The van der Waals surface area contributed by atoms with E-state index in [1.165, 1.54) is 5.56 Å². The van der Waals surface area contributed by atoms with Gasteiger partial charge in [-0.15, -0.1) is 0 Å². The molecule has 1 aliphatic heterocycles. The van der Waals surface area contributed by atoms with Gasteiger partial charge in [0.15, 0.2) is 0 Å². The quantitative estimate of drug-likeness (QED) is 0.810. The molecule has 2 N–H and O–H groups in total. The van der Waals surface area contributed by atoms with E-state index >= 15 is 0 Å². The first-order valence-corrected chi connectivity index (χ1v) is 9.52. The summed E-state index contributed by atoms with van der Waals surface area (Å²) in [7, 11) is 0. The number of ether oxygens (including phenoxy) is 1. The summed E-state index contributed by atoms with van der Waals surface area (Å²) in [4.78, 5) is 25.6. The van der Waals surface area contributed by atoms with E-state index in [-0.39, 0.29) is 35.9 Å². The molecule has 2 atom stereocenters. The molecule has 1 amide bonds. The number of rotatable bonds is 6. The second-order valence-corrected chi connectivity index (χ2v) is 7.80. The molecular weight excluding hydrogens is 332 g/mol. The van der Waals surface area contributed by atoms with Crippen molar-refractivity contribution in [1.29, 1.82) is 0 Å². The van der Waals surface area contributed by atoms with Crippen LogP contribution in [0.25, 0.3) is 0 Å². The van der Waals surface area contributed by atoms with Gasteiger partial charge in [0.2, 0.25) is 5.91 Å². The van der Waals surface area contributed by atoms with Crippen molar-refractivity contribution in [2.75, 3.05) is 19.7 Å². The van der Waals surface area contributed by atoms with Crippen molar-refractivity contribution in [3.05, 3.63) is 29.8 Å². The molecule has 1 aromatic rings. The molecule has 0 aromatic heterocycles. The number of carboxylic acids is 1. The molecule has 0 saturated heterocycles. The van der Waals surface area contributed by atoms with Crippen LogP contribution >= 0.6 is 0 Å². The lowest BCUT2D eigenvalue weighted by Gasteiger charge is -2.42. The van der Waals surface area contributed by atoms with Crippen LogP contribution in [0.15, 0.2) is 24.3 Å². The molecule has 3 aliphatic rings. The van der Waals surface area contributed by atoms with Gasteiger partial charge in [0.25, 0.3) is 0 Å². The lowest BCUT2D eigenvalue weighted by molar-refractivity contribution is -0.140. The Morgan fingerprint density at radius 3 is 2.85 bits per heavy atom. The number of carbonyl (C=O) groups is 2. The van der Waals surface area contributed by atoms with Gasteiger partial charge < -0.3 is 15.2 Å². The second kappa shape index (κ2) is 6.58. The molecule has 0 bridgehead atoms. The van der Waals surface area contributed by atoms with E-state index in [1.54, 1.807) is 0 Å². The van der Waals surface area contributed by atoms with Crippen LogP contribution in [0.3, 0.4) is 0 Å². The van der Waals surface area contributed by atoms with Crippen molar-refractivity contribution in [1.82, 2.24) is 10.2 Å². The van der Waals surface area contributed by atoms with E-state index < -0.39 is 5.97 Å². The Hall–Kier alpha value is -2.08. The first kappa shape index (κ1) is 17.3. The number of carbonyl (C=O) groups excluding carboxylic acids is 1. The number of carboxylic acid groups (broad SMARTS) is 1. The summed E-state index contributed by atoms with van der Waals surface area (Å²) in [6, 6.07) is 8.50. The molecule has 0 unspecified atom stereocenters. The van der Waals surface area contributed by atoms with E-state index in [2.05, 4.69) is 11.4 Å². The lowest BCUT2D eigenvalue weighted by atomic mass is 9.84. The summed E-state index contributed by atoms with van der Waals surface area (Å²) in [5.41, 5.74) is 1.14. The van der Waals surface area contributed by atoms with Gasteiger partial charge in [-0.2, -0.15) is 0 Å². The summed E-state index contributed by atoms with van der Waals surface area (Å²) in [6.07, 6.45) is 3.48. The minimum Gasteiger partial charge on any atom is -0.493 e. The monoisotopic (exact) mass is 358 g/mol. The SMILES string of the molecule is CCN(CC(=O)O)C1CC(NC(=O)[C@@H]2C[C@]23CCOc2ccccc23)C1. The number of amides is 1. The molecule has 6 nitrogen and oxygen atoms in total. The molecule has 4 rings (SSSR count). The number of nitrogens with one attached hydrogen (secondary N) is 1. The fraction of sp³-hybridized carbons (Fsp3) is 0.600. The van der Waals surface area contributed by atoms with Crippen LogP contribution in [-0.4, -0.2) is 53.7 Å². The molecule has 1 spiro atoms. The molecule has 2 saturated carbocycles. The molecule has 140 valence electrons. The standard InChI is InChI=1S/C20H26N2O4/c1-2-22(12-18(23)24)14-9-13(10-14)21-19(25)16-11-20(16)7-8-26-17-6-4-3-5-15(17)20/h3-6,13-14,16H,2,7-12H2,1H3,(H,21,25)(H,23,24)/t13?,14?,16-,20-/m0/s1. The third-order valence-corrected chi connectivity index (χ3v) is 6.34. The average molecular weight is 358 g/mol. The van der Waals surface area contributed by atoms with E-state index in [9.17, 15) is 9.59 Å². The van der Waals surface area contributed by atoms with Gasteiger partial charge in [-0.05, 0) is 38.3 Å². The fourth-order valence-electron chi connectivity index (χ4n) is 4.68. The Morgan fingerprint density at radius 1 is 1.35 bits per heavy atom. The summed E-state index contributed by atoms with van der Waals surface area (Å²) in [6.45, 7) is 3.45. The van der Waals surface area contributed by atoms with Gasteiger partial charge in [-0.1, -0.05) is 25.1 Å². The Morgan fingerprint density at radius 2 is 2.12 bits per heavy atom. The Labute approximate surface area is 153 Å². The van der Waals surface area contributed by atoms with Gasteiger partial charge in [-0.3, -0.25) is 14.5 Å². The summed E-state index contributed by atoms with van der Waals surface area (Å²) >= 11 is 0. The highest BCUT2D eigenvalue weighted by atomic mass is 16.5. The van der Waals surface area contributed by atoms with E-state index in [0.717, 1.165) is 38.0 Å². The highest BCUT2D eigenvalue weighted by Gasteiger charge is 2.61. The normalized spacial score (nSPS) is 31.7.